The molecule has 0 aliphatic carbocycles. The smallest absolute Gasteiger partial charge is 0.335 e. The lowest BCUT2D eigenvalue weighted by atomic mass is 10.2. The third-order valence-electron chi connectivity index (χ3n) is 2.37. The van der Waals surface area contributed by atoms with E-state index >= 15 is 0 Å². The first-order chi connectivity index (χ1) is 9.10. The molecule has 0 amide bonds. The highest BCUT2D eigenvalue weighted by Gasteiger charge is 2.06. The highest BCUT2D eigenvalue weighted by atomic mass is 19.1. The Morgan fingerprint density at radius 2 is 2.16 bits per heavy atom. The maximum absolute atomic E-state index is 13.1. The number of nitrogens with zero attached hydrogens (tertiary/aromatic N) is 2. The summed E-state index contributed by atoms with van der Waals surface area (Å²) in [5.74, 6) is -1.38. The Balaban J connectivity index is 2.29. The number of carbonyl (C=O) groups is 1. The average Bonchev–Trinajstić information content (AvgIpc) is 2.41. The lowest BCUT2D eigenvalue weighted by molar-refractivity contribution is 0.0697. The van der Waals surface area contributed by atoms with Crippen molar-refractivity contribution in [3.63, 3.8) is 0 Å². The molecule has 0 spiro atoms. The van der Waals surface area contributed by atoms with E-state index in [1.165, 1.54) is 30.5 Å². The number of carboxylic acids is 1. The fraction of sp³-hybridized carbons (Fsp3) is 0. The highest BCUT2D eigenvalue weighted by molar-refractivity contribution is 5.88. The minimum absolute atomic E-state index is 0.0834. The van der Waals surface area contributed by atoms with E-state index in [-0.39, 0.29) is 11.1 Å². The molecule has 0 bridgehead atoms. The predicted molar refractivity (Wildman–Crippen MR) is 65.6 cm³/mol. The number of aromatic carboxylic acids is 1. The van der Waals surface area contributed by atoms with Crippen molar-refractivity contribution in [1.29, 1.82) is 5.26 Å². The van der Waals surface area contributed by atoms with Crippen molar-refractivity contribution in [1.82, 2.24) is 4.98 Å². The van der Waals surface area contributed by atoms with Gasteiger partial charge in [-0.05, 0) is 30.3 Å². The zero-order chi connectivity index (χ0) is 13.8. The molecule has 2 rings (SSSR count). The zero-order valence-corrected chi connectivity index (χ0v) is 9.59. The summed E-state index contributed by atoms with van der Waals surface area (Å²) in [5, 5.41) is 20.4. The van der Waals surface area contributed by atoms with E-state index in [4.69, 9.17) is 10.4 Å². The second-order valence-electron chi connectivity index (χ2n) is 3.67. The van der Waals surface area contributed by atoms with Gasteiger partial charge in [-0.25, -0.2) is 14.2 Å². The molecule has 2 N–H and O–H groups in total. The number of carboxylic acid groups (broad SMARTS) is 1. The Hall–Kier alpha value is -2.94. The monoisotopic (exact) mass is 257 g/mol. The summed E-state index contributed by atoms with van der Waals surface area (Å²) < 4.78 is 13.1. The van der Waals surface area contributed by atoms with Crippen LogP contribution in [0.5, 0.6) is 0 Å². The Labute approximate surface area is 108 Å². The van der Waals surface area contributed by atoms with Gasteiger partial charge in [0.1, 0.15) is 17.7 Å². The fourth-order valence-corrected chi connectivity index (χ4v) is 1.47. The molecule has 0 saturated heterocycles. The van der Waals surface area contributed by atoms with Gasteiger partial charge in [0.25, 0.3) is 0 Å². The molecule has 1 aromatic heterocycles. The molecule has 5 nitrogen and oxygen atoms in total. The molecule has 0 aliphatic rings. The molecule has 19 heavy (non-hydrogen) atoms. The van der Waals surface area contributed by atoms with Gasteiger partial charge >= 0.3 is 5.97 Å². The van der Waals surface area contributed by atoms with Crippen LogP contribution < -0.4 is 5.32 Å². The molecule has 6 heteroatoms. The number of halogens is 1. The van der Waals surface area contributed by atoms with Crippen LogP contribution in [0.4, 0.5) is 15.9 Å². The van der Waals surface area contributed by atoms with Gasteiger partial charge in [0, 0.05) is 11.9 Å². The molecule has 0 aliphatic heterocycles. The lowest BCUT2D eigenvalue weighted by Gasteiger charge is -2.06. The lowest BCUT2D eigenvalue weighted by Crippen LogP contribution is -2.00. The predicted octanol–water partition coefficient (Wildman–Crippen LogP) is 2.53. The molecule has 94 valence electrons. The van der Waals surface area contributed by atoms with Crippen LogP contribution in [0.15, 0.2) is 36.5 Å². The number of nitrogens with one attached hydrogen (secondary N) is 1. The van der Waals surface area contributed by atoms with E-state index < -0.39 is 11.8 Å². The van der Waals surface area contributed by atoms with Crippen LogP contribution in [0.1, 0.15) is 15.9 Å². The number of hydrogen-bond acceptors (Lipinski definition) is 4. The summed E-state index contributed by atoms with van der Waals surface area (Å²) in [4.78, 5) is 14.7. The SMILES string of the molecule is N#Cc1cc(Nc2cc(C(=O)O)ccn2)ccc1F. The van der Waals surface area contributed by atoms with E-state index in [2.05, 4.69) is 10.3 Å². The average molecular weight is 257 g/mol. The van der Waals surface area contributed by atoms with Gasteiger partial charge in [-0.2, -0.15) is 5.26 Å². The third-order valence-corrected chi connectivity index (χ3v) is 2.37. The Bertz CT molecular complexity index is 680. The van der Waals surface area contributed by atoms with Crippen LogP contribution in [0.25, 0.3) is 0 Å². The van der Waals surface area contributed by atoms with Crippen molar-refractivity contribution in [2.45, 2.75) is 0 Å². The van der Waals surface area contributed by atoms with Gasteiger partial charge in [0.15, 0.2) is 0 Å². The number of hydrogen-bond donors (Lipinski definition) is 2. The van der Waals surface area contributed by atoms with Crippen molar-refractivity contribution in [2.24, 2.45) is 0 Å². The van der Waals surface area contributed by atoms with Crippen molar-refractivity contribution < 1.29 is 14.3 Å². The minimum atomic E-state index is -1.07. The van der Waals surface area contributed by atoms with E-state index in [0.717, 1.165) is 6.07 Å². The summed E-state index contributed by atoms with van der Waals surface area (Å²) in [6, 6.07) is 8.34. The van der Waals surface area contributed by atoms with Crippen LogP contribution in [-0.2, 0) is 0 Å². The molecule has 0 fully saturated rings. The summed E-state index contributed by atoms with van der Waals surface area (Å²) in [6.07, 6.45) is 1.35. The largest absolute Gasteiger partial charge is 0.478 e. The number of aromatic nitrogens is 1. The number of rotatable bonds is 3. The number of pyridine rings is 1. The van der Waals surface area contributed by atoms with Gasteiger partial charge in [-0.3, -0.25) is 0 Å². The van der Waals surface area contributed by atoms with E-state index in [1.54, 1.807) is 6.07 Å². The quantitative estimate of drug-likeness (QED) is 0.882. The normalized spacial score (nSPS) is 9.68. The molecule has 0 saturated carbocycles. The van der Waals surface area contributed by atoms with Gasteiger partial charge in [0.2, 0.25) is 0 Å². The Morgan fingerprint density at radius 3 is 2.84 bits per heavy atom. The molecule has 0 unspecified atom stereocenters. The summed E-state index contributed by atoms with van der Waals surface area (Å²) in [7, 11) is 0. The fourth-order valence-electron chi connectivity index (χ4n) is 1.47. The molecular weight excluding hydrogens is 249 g/mol. The van der Waals surface area contributed by atoms with Crippen molar-refractivity contribution in [3.8, 4) is 6.07 Å². The van der Waals surface area contributed by atoms with E-state index in [9.17, 15) is 9.18 Å². The second kappa shape index (κ2) is 5.14. The van der Waals surface area contributed by atoms with Gasteiger partial charge in [-0.1, -0.05) is 0 Å². The van der Waals surface area contributed by atoms with Crippen molar-refractivity contribution in [3.05, 3.63) is 53.5 Å². The minimum Gasteiger partial charge on any atom is -0.478 e. The number of benzene rings is 1. The number of nitriles is 1. The van der Waals surface area contributed by atoms with Crippen molar-refractivity contribution in [2.75, 3.05) is 5.32 Å². The molecule has 1 aromatic carbocycles. The molecule has 0 radical (unpaired) electrons. The van der Waals surface area contributed by atoms with Crippen LogP contribution in [0.2, 0.25) is 0 Å². The summed E-state index contributed by atoms with van der Waals surface area (Å²) in [5.41, 5.74) is 0.437. The van der Waals surface area contributed by atoms with Gasteiger partial charge in [-0.15, -0.1) is 0 Å². The van der Waals surface area contributed by atoms with Crippen LogP contribution in [-0.4, -0.2) is 16.1 Å². The molecular formula is C13H8FN3O2. The Morgan fingerprint density at radius 1 is 1.37 bits per heavy atom. The topological polar surface area (TPSA) is 86.0 Å². The Kier molecular flexibility index (Phi) is 3.39. The standard InChI is InChI=1S/C13H8FN3O2/c14-11-2-1-10(5-9(11)7-15)17-12-6-8(13(18)19)3-4-16-12/h1-6H,(H,16,17)(H,18,19). The zero-order valence-electron chi connectivity index (χ0n) is 9.59. The highest BCUT2D eigenvalue weighted by Crippen LogP contribution is 2.18. The maximum atomic E-state index is 13.1. The molecule has 1 heterocycles. The first-order valence-electron chi connectivity index (χ1n) is 5.26. The summed E-state index contributed by atoms with van der Waals surface area (Å²) >= 11 is 0. The van der Waals surface area contributed by atoms with Crippen LogP contribution in [0.3, 0.4) is 0 Å². The van der Waals surface area contributed by atoms with Gasteiger partial charge < -0.3 is 10.4 Å². The summed E-state index contributed by atoms with van der Waals surface area (Å²) in [6.45, 7) is 0. The van der Waals surface area contributed by atoms with Crippen LogP contribution in [0, 0.1) is 17.1 Å². The second-order valence-corrected chi connectivity index (χ2v) is 3.67. The molecule has 0 atom stereocenters. The third kappa shape index (κ3) is 2.84. The van der Waals surface area contributed by atoms with E-state index in [1.807, 2.05) is 0 Å². The van der Waals surface area contributed by atoms with Gasteiger partial charge in [0.05, 0.1) is 11.1 Å². The van der Waals surface area contributed by atoms with Crippen LogP contribution >= 0.6 is 0 Å². The van der Waals surface area contributed by atoms with Crippen molar-refractivity contribution >= 4 is 17.5 Å². The first kappa shape index (κ1) is 12.5. The number of anilines is 2. The molecule has 2 aromatic rings. The first-order valence-corrected chi connectivity index (χ1v) is 5.26. The maximum Gasteiger partial charge on any atom is 0.335 e. The van der Waals surface area contributed by atoms with E-state index in [0.29, 0.717) is 11.5 Å².